The van der Waals surface area contributed by atoms with Gasteiger partial charge in [0.05, 0.1) is 17.5 Å². The number of sulfonamides is 1. The van der Waals surface area contributed by atoms with E-state index in [1.165, 1.54) is 4.57 Å². The second kappa shape index (κ2) is 8.07. The van der Waals surface area contributed by atoms with Crippen LogP contribution in [-0.2, 0) is 17.1 Å². The van der Waals surface area contributed by atoms with Crippen LogP contribution >= 0.6 is 0 Å². The van der Waals surface area contributed by atoms with E-state index in [2.05, 4.69) is 4.72 Å². The Morgan fingerprint density at radius 1 is 0.935 bits per heavy atom. The van der Waals surface area contributed by atoms with E-state index in [1.807, 2.05) is 47.4 Å². The van der Waals surface area contributed by atoms with Crippen molar-refractivity contribution >= 4 is 38.2 Å². The molecule has 2 aromatic carbocycles. The van der Waals surface area contributed by atoms with Crippen molar-refractivity contribution in [3.8, 4) is 0 Å². The lowest BCUT2D eigenvalue weighted by atomic mass is 10.1. The summed E-state index contributed by atoms with van der Waals surface area (Å²) in [5.41, 5.74) is 1.52. The standard InChI is InChI=1S/C22H24N4O4S/c1-24-18-11-7-6-10-17(18)20(19(22(24)28)23-31(2,29)30)25-12-14-26(15-13-25)21(27)16-8-4-3-5-9-16/h3-11,23H,12-15H2,1-2H3. The minimum atomic E-state index is -3.66. The number of pyridine rings is 1. The SMILES string of the molecule is Cn1c(=O)c(NS(C)(=O)=O)c(N2CCN(C(=O)c3ccccc3)CC2)c2ccccc21. The van der Waals surface area contributed by atoms with Gasteiger partial charge in [-0.3, -0.25) is 14.3 Å². The van der Waals surface area contributed by atoms with Crippen molar-refractivity contribution in [1.82, 2.24) is 9.47 Å². The van der Waals surface area contributed by atoms with E-state index in [-0.39, 0.29) is 11.6 Å². The number of amides is 1. The number of rotatable bonds is 4. The van der Waals surface area contributed by atoms with E-state index in [0.717, 1.165) is 11.6 Å². The fourth-order valence-corrected chi connectivity index (χ4v) is 4.54. The number of hydrogen-bond donors (Lipinski definition) is 1. The van der Waals surface area contributed by atoms with Gasteiger partial charge in [-0.25, -0.2) is 8.42 Å². The van der Waals surface area contributed by atoms with Crippen LogP contribution in [0.1, 0.15) is 10.4 Å². The molecule has 1 saturated heterocycles. The van der Waals surface area contributed by atoms with Crippen LogP contribution in [0, 0.1) is 0 Å². The maximum absolute atomic E-state index is 13.0. The number of carbonyl (C=O) groups is 1. The highest BCUT2D eigenvalue weighted by atomic mass is 32.2. The molecule has 31 heavy (non-hydrogen) atoms. The third-order valence-electron chi connectivity index (χ3n) is 5.47. The van der Waals surface area contributed by atoms with Crippen molar-refractivity contribution in [3.63, 3.8) is 0 Å². The molecule has 2 heterocycles. The molecule has 1 fully saturated rings. The molecule has 162 valence electrons. The van der Waals surface area contributed by atoms with Gasteiger partial charge in [-0.15, -0.1) is 0 Å². The van der Waals surface area contributed by atoms with Crippen LogP contribution in [0.4, 0.5) is 11.4 Å². The van der Waals surface area contributed by atoms with Crippen molar-refractivity contribution in [2.45, 2.75) is 0 Å². The van der Waals surface area contributed by atoms with Gasteiger partial charge in [-0.2, -0.15) is 0 Å². The van der Waals surface area contributed by atoms with Gasteiger partial charge in [0.1, 0.15) is 5.69 Å². The first kappa shape index (κ1) is 20.9. The molecule has 0 saturated carbocycles. The topological polar surface area (TPSA) is 91.7 Å². The van der Waals surface area contributed by atoms with Crippen LogP contribution in [-0.4, -0.2) is 56.2 Å². The van der Waals surface area contributed by atoms with E-state index in [0.29, 0.717) is 42.9 Å². The predicted octanol–water partition coefficient (Wildman–Crippen LogP) is 1.87. The quantitative estimate of drug-likeness (QED) is 0.669. The first-order valence-corrected chi connectivity index (χ1v) is 11.8. The average Bonchev–Trinajstić information content (AvgIpc) is 2.77. The molecule has 0 bridgehead atoms. The fourth-order valence-electron chi connectivity index (χ4n) is 3.98. The zero-order valence-electron chi connectivity index (χ0n) is 17.4. The Kier molecular flexibility index (Phi) is 5.45. The summed E-state index contributed by atoms with van der Waals surface area (Å²) in [5.74, 6) is -0.0384. The first-order valence-electron chi connectivity index (χ1n) is 9.95. The molecule has 0 spiro atoms. The number of anilines is 2. The number of piperazine rings is 1. The number of benzene rings is 2. The highest BCUT2D eigenvalue weighted by Gasteiger charge is 2.27. The predicted molar refractivity (Wildman–Crippen MR) is 122 cm³/mol. The third-order valence-corrected chi connectivity index (χ3v) is 6.04. The minimum absolute atomic E-state index is 0.0338. The molecular formula is C22H24N4O4S. The highest BCUT2D eigenvalue weighted by Crippen LogP contribution is 2.33. The summed E-state index contributed by atoms with van der Waals surface area (Å²) in [5, 5.41) is 0.776. The van der Waals surface area contributed by atoms with E-state index >= 15 is 0 Å². The van der Waals surface area contributed by atoms with E-state index < -0.39 is 15.6 Å². The highest BCUT2D eigenvalue weighted by molar-refractivity contribution is 7.92. The molecule has 1 amide bonds. The van der Waals surface area contributed by atoms with Gasteiger partial charge in [0, 0.05) is 44.2 Å². The van der Waals surface area contributed by atoms with E-state index in [1.54, 1.807) is 24.1 Å². The number of aryl methyl sites for hydroxylation is 1. The van der Waals surface area contributed by atoms with Gasteiger partial charge < -0.3 is 14.4 Å². The summed E-state index contributed by atoms with van der Waals surface area (Å²) in [4.78, 5) is 29.6. The number of hydrogen-bond acceptors (Lipinski definition) is 5. The van der Waals surface area contributed by atoms with E-state index in [9.17, 15) is 18.0 Å². The second-order valence-corrected chi connectivity index (χ2v) is 9.37. The molecule has 9 heteroatoms. The van der Waals surface area contributed by atoms with Crippen LogP contribution in [0.2, 0.25) is 0 Å². The molecule has 0 unspecified atom stereocenters. The second-order valence-electron chi connectivity index (χ2n) is 7.62. The van der Waals surface area contributed by atoms with Crippen LogP contribution in [0.5, 0.6) is 0 Å². The Morgan fingerprint density at radius 2 is 1.55 bits per heavy atom. The lowest BCUT2D eigenvalue weighted by Gasteiger charge is -2.37. The minimum Gasteiger partial charge on any atom is -0.366 e. The molecule has 0 atom stereocenters. The summed E-state index contributed by atoms with van der Waals surface area (Å²) in [7, 11) is -2.04. The molecule has 1 aliphatic heterocycles. The third kappa shape index (κ3) is 4.13. The van der Waals surface area contributed by atoms with Gasteiger partial charge in [-0.05, 0) is 18.2 Å². The molecule has 3 aromatic rings. The number of carbonyl (C=O) groups excluding carboxylic acids is 1. The smallest absolute Gasteiger partial charge is 0.277 e. The fraction of sp³-hybridized carbons (Fsp3) is 0.273. The Hall–Kier alpha value is -3.33. The summed E-state index contributed by atoms with van der Waals surface area (Å²) in [6, 6.07) is 16.5. The van der Waals surface area contributed by atoms with E-state index in [4.69, 9.17) is 0 Å². The maximum Gasteiger partial charge on any atom is 0.277 e. The normalized spacial score (nSPS) is 14.6. The van der Waals surface area contributed by atoms with Crippen LogP contribution in [0.15, 0.2) is 59.4 Å². The summed E-state index contributed by atoms with van der Waals surface area (Å²) in [6.07, 6.45) is 1.03. The largest absolute Gasteiger partial charge is 0.366 e. The first-order chi connectivity index (χ1) is 14.8. The van der Waals surface area contributed by atoms with Crippen LogP contribution < -0.4 is 15.2 Å². The molecule has 1 aliphatic rings. The van der Waals surface area contributed by atoms with Gasteiger partial charge in [0.15, 0.2) is 0 Å². The van der Waals surface area contributed by atoms with Gasteiger partial charge in [0.25, 0.3) is 11.5 Å². The summed E-state index contributed by atoms with van der Waals surface area (Å²) >= 11 is 0. The summed E-state index contributed by atoms with van der Waals surface area (Å²) < 4.78 is 27.9. The zero-order valence-corrected chi connectivity index (χ0v) is 18.2. The molecule has 1 N–H and O–H groups in total. The Labute approximate surface area is 180 Å². The number of fused-ring (bicyclic) bond motifs is 1. The number of aromatic nitrogens is 1. The molecule has 8 nitrogen and oxygen atoms in total. The molecule has 0 radical (unpaired) electrons. The average molecular weight is 441 g/mol. The molecular weight excluding hydrogens is 416 g/mol. The number of nitrogens with one attached hydrogen (secondary N) is 1. The van der Waals surface area contributed by atoms with Gasteiger partial charge >= 0.3 is 0 Å². The Morgan fingerprint density at radius 3 is 2.19 bits per heavy atom. The van der Waals surface area contributed by atoms with Crippen LogP contribution in [0.25, 0.3) is 10.9 Å². The summed E-state index contributed by atoms with van der Waals surface area (Å²) in [6.45, 7) is 1.90. The maximum atomic E-state index is 13.0. The monoisotopic (exact) mass is 440 g/mol. The molecule has 4 rings (SSSR count). The van der Waals surface area contributed by atoms with Gasteiger partial charge in [-0.1, -0.05) is 36.4 Å². The number of nitrogens with zero attached hydrogens (tertiary/aromatic N) is 3. The Balaban J connectivity index is 1.71. The van der Waals surface area contributed by atoms with Crippen molar-refractivity contribution in [2.24, 2.45) is 7.05 Å². The molecule has 1 aromatic heterocycles. The lowest BCUT2D eigenvalue weighted by Crippen LogP contribution is -2.49. The molecule has 0 aliphatic carbocycles. The van der Waals surface area contributed by atoms with Gasteiger partial charge in [0.2, 0.25) is 10.0 Å². The zero-order chi connectivity index (χ0) is 22.2. The van der Waals surface area contributed by atoms with Crippen molar-refractivity contribution in [3.05, 3.63) is 70.5 Å². The van der Waals surface area contributed by atoms with Crippen molar-refractivity contribution in [2.75, 3.05) is 42.1 Å². The number of para-hydroxylation sites is 1. The lowest BCUT2D eigenvalue weighted by molar-refractivity contribution is 0.0747. The van der Waals surface area contributed by atoms with Crippen molar-refractivity contribution < 1.29 is 13.2 Å². The van der Waals surface area contributed by atoms with Crippen molar-refractivity contribution in [1.29, 1.82) is 0 Å². The van der Waals surface area contributed by atoms with Crippen LogP contribution in [0.3, 0.4) is 0 Å². The Bertz CT molecular complexity index is 1290.